The summed E-state index contributed by atoms with van der Waals surface area (Å²) < 4.78 is 5.66. The van der Waals surface area contributed by atoms with E-state index in [0.29, 0.717) is 5.92 Å². The van der Waals surface area contributed by atoms with E-state index in [0.717, 1.165) is 31.1 Å². The second-order valence-corrected chi connectivity index (χ2v) is 5.53. The van der Waals surface area contributed by atoms with Crippen molar-refractivity contribution < 1.29 is 4.74 Å². The van der Waals surface area contributed by atoms with Crippen LogP contribution in [-0.2, 0) is 4.74 Å². The second-order valence-electron chi connectivity index (χ2n) is 5.53. The number of hydrogen-bond acceptors (Lipinski definition) is 2. The molecule has 0 aromatic heterocycles. The van der Waals surface area contributed by atoms with Crippen LogP contribution < -0.4 is 0 Å². The van der Waals surface area contributed by atoms with Gasteiger partial charge >= 0.3 is 0 Å². The van der Waals surface area contributed by atoms with Crippen molar-refractivity contribution in [2.45, 2.75) is 44.9 Å². The fraction of sp³-hybridized carbons (Fsp3) is 0.588. The van der Waals surface area contributed by atoms with Crippen LogP contribution in [0.2, 0.25) is 0 Å². The fourth-order valence-electron chi connectivity index (χ4n) is 2.89. The summed E-state index contributed by atoms with van der Waals surface area (Å²) in [5, 5.41) is 8.81. The van der Waals surface area contributed by atoms with Crippen molar-refractivity contribution in [1.29, 1.82) is 5.26 Å². The Morgan fingerprint density at radius 2 is 1.84 bits per heavy atom. The quantitative estimate of drug-likeness (QED) is 0.738. The van der Waals surface area contributed by atoms with E-state index in [-0.39, 0.29) is 0 Å². The van der Waals surface area contributed by atoms with Crippen molar-refractivity contribution in [1.82, 2.24) is 0 Å². The molecular weight excluding hydrogens is 234 g/mol. The molecule has 0 spiro atoms. The van der Waals surface area contributed by atoms with Crippen LogP contribution in [0.25, 0.3) is 0 Å². The van der Waals surface area contributed by atoms with Gasteiger partial charge in [-0.2, -0.15) is 5.26 Å². The number of benzene rings is 1. The van der Waals surface area contributed by atoms with Crippen molar-refractivity contribution in [3.8, 4) is 6.07 Å². The van der Waals surface area contributed by atoms with Crippen molar-refractivity contribution in [3.63, 3.8) is 0 Å². The maximum absolute atomic E-state index is 8.81. The number of nitrogens with zero attached hydrogens (tertiary/aromatic N) is 1. The maximum atomic E-state index is 8.81. The first-order valence-corrected chi connectivity index (χ1v) is 7.41. The van der Waals surface area contributed by atoms with Crippen LogP contribution in [0.5, 0.6) is 0 Å². The van der Waals surface area contributed by atoms with E-state index in [9.17, 15) is 0 Å². The van der Waals surface area contributed by atoms with Crippen LogP contribution in [0.4, 0.5) is 0 Å². The minimum atomic E-state index is 0.676. The van der Waals surface area contributed by atoms with E-state index in [4.69, 9.17) is 10.00 Å². The first-order valence-electron chi connectivity index (χ1n) is 7.41. The summed E-state index contributed by atoms with van der Waals surface area (Å²) >= 11 is 0. The molecular formula is C17H23NO. The third-order valence-electron chi connectivity index (χ3n) is 4.06. The molecule has 19 heavy (non-hydrogen) atoms. The molecule has 2 heteroatoms. The highest BCUT2D eigenvalue weighted by Crippen LogP contribution is 2.35. The summed E-state index contributed by atoms with van der Waals surface area (Å²) in [7, 11) is 0. The Bertz CT molecular complexity index is 410. The Labute approximate surface area is 116 Å². The van der Waals surface area contributed by atoms with Crippen LogP contribution in [-0.4, -0.2) is 13.2 Å². The van der Waals surface area contributed by atoms with Crippen molar-refractivity contribution in [3.05, 3.63) is 35.4 Å². The van der Waals surface area contributed by atoms with Crippen LogP contribution in [0, 0.1) is 17.2 Å². The lowest BCUT2D eigenvalue weighted by atomic mass is 9.79. The van der Waals surface area contributed by atoms with Gasteiger partial charge in [-0.1, -0.05) is 19.1 Å². The van der Waals surface area contributed by atoms with E-state index in [1.165, 1.54) is 31.2 Å². The van der Waals surface area contributed by atoms with Gasteiger partial charge in [0.05, 0.1) is 11.6 Å². The summed E-state index contributed by atoms with van der Waals surface area (Å²) in [6, 6.07) is 10.3. The van der Waals surface area contributed by atoms with E-state index >= 15 is 0 Å². The molecule has 2 nitrogen and oxygen atoms in total. The van der Waals surface area contributed by atoms with Gasteiger partial charge in [-0.15, -0.1) is 0 Å². The molecule has 102 valence electrons. The fourth-order valence-corrected chi connectivity index (χ4v) is 2.89. The van der Waals surface area contributed by atoms with Gasteiger partial charge in [0.15, 0.2) is 0 Å². The molecule has 1 aromatic rings. The molecule has 0 unspecified atom stereocenters. The second kappa shape index (κ2) is 7.31. The van der Waals surface area contributed by atoms with E-state index in [2.05, 4.69) is 25.1 Å². The molecule has 0 radical (unpaired) electrons. The highest BCUT2D eigenvalue weighted by atomic mass is 16.5. The zero-order valence-electron chi connectivity index (χ0n) is 11.8. The molecule has 0 amide bonds. The highest BCUT2D eigenvalue weighted by molar-refractivity contribution is 5.33. The van der Waals surface area contributed by atoms with Crippen molar-refractivity contribution in [2.75, 3.05) is 13.2 Å². The lowest BCUT2D eigenvalue weighted by molar-refractivity contribution is 0.0832. The molecule has 0 saturated heterocycles. The predicted octanol–water partition coefficient (Wildman–Crippen LogP) is 4.26. The summed E-state index contributed by atoms with van der Waals surface area (Å²) in [6.45, 7) is 3.99. The monoisotopic (exact) mass is 257 g/mol. The lowest BCUT2D eigenvalue weighted by Crippen LogP contribution is -2.18. The molecule has 0 heterocycles. The Morgan fingerprint density at radius 1 is 1.16 bits per heavy atom. The van der Waals surface area contributed by atoms with Crippen molar-refractivity contribution in [2.24, 2.45) is 5.92 Å². The molecule has 1 saturated carbocycles. The van der Waals surface area contributed by atoms with Gasteiger partial charge in [-0.3, -0.25) is 0 Å². The standard InChI is InChI=1S/C17H23NO/c1-2-11-19-13-15-5-9-17(10-6-15)16-7-3-14(12-18)4-8-16/h3-4,7-8,15,17H,2,5-6,9-11,13H2,1H3/t15-,17-. The average Bonchev–Trinajstić information content (AvgIpc) is 2.48. The lowest BCUT2D eigenvalue weighted by Gasteiger charge is -2.28. The molecule has 1 aliphatic rings. The first kappa shape index (κ1) is 14.1. The molecule has 2 rings (SSSR count). The van der Waals surface area contributed by atoms with Gasteiger partial charge in [0, 0.05) is 13.2 Å². The van der Waals surface area contributed by atoms with Crippen LogP contribution in [0.1, 0.15) is 56.1 Å². The summed E-state index contributed by atoms with van der Waals surface area (Å²) in [4.78, 5) is 0. The van der Waals surface area contributed by atoms with Gasteiger partial charge in [0.1, 0.15) is 0 Å². The van der Waals surface area contributed by atoms with Crippen LogP contribution >= 0.6 is 0 Å². The molecule has 1 aromatic carbocycles. The van der Waals surface area contributed by atoms with Gasteiger partial charge in [0.25, 0.3) is 0 Å². The number of rotatable bonds is 5. The number of ether oxygens (including phenoxy) is 1. The zero-order valence-corrected chi connectivity index (χ0v) is 11.8. The Kier molecular flexibility index (Phi) is 5.42. The van der Waals surface area contributed by atoms with Crippen LogP contribution in [0.15, 0.2) is 24.3 Å². The average molecular weight is 257 g/mol. The largest absolute Gasteiger partial charge is 0.381 e. The van der Waals surface area contributed by atoms with Gasteiger partial charge in [-0.05, 0) is 61.6 Å². The van der Waals surface area contributed by atoms with Gasteiger partial charge < -0.3 is 4.74 Å². The first-order chi connectivity index (χ1) is 9.33. The third-order valence-corrected chi connectivity index (χ3v) is 4.06. The highest BCUT2D eigenvalue weighted by Gasteiger charge is 2.22. The number of nitriles is 1. The Balaban J connectivity index is 1.80. The van der Waals surface area contributed by atoms with E-state index in [1.807, 2.05) is 12.1 Å². The Hall–Kier alpha value is -1.33. The SMILES string of the molecule is CCCOC[C@H]1CC[C@H](c2ccc(C#N)cc2)CC1. The Morgan fingerprint density at radius 3 is 2.42 bits per heavy atom. The smallest absolute Gasteiger partial charge is 0.0991 e. The van der Waals surface area contributed by atoms with Crippen LogP contribution in [0.3, 0.4) is 0 Å². The molecule has 0 atom stereocenters. The normalized spacial score (nSPS) is 22.9. The van der Waals surface area contributed by atoms with E-state index in [1.54, 1.807) is 0 Å². The molecule has 0 bridgehead atoms. The molecule has 1 aliphatic carbocycles. The predicted molar refractivity (Wildman–Crippen MR) is 77.0 cm³/mol. The summed E-state index contributed by atoms with van der Waals surface area (Å²) in [5.74, 6) is 1.43. The molecule has 1 fully saturated rings. The molecule has 0 N–H and O–H groups in total. The zero-order chi connectivity index (χ0) is 13.5. The van der Waals surface area contributed by atoms with Crippen molar-refractivity contribution >= 4 is 0 Å². The van der Waals surface area contributed by atoms with Gasteiger partial charge in [0.2, 0.25) is 0 Å². The maximum Gasteiger partial charge on any atom is 0.0991 e. The van der Waals surface area contributed by atoms with E-state index < -0.39 is 0 Å². The van der Waals surface area contributed by atoms with Gasteiger partial charge in [-0.25, -0.2) is 0 Å². The molecule has 0 aliphatic heterocycles. The minimum absolute atomic E-state index is 0.676. The summed E-state index contributed by atoms with van der Waals surface area (Å²) in [5.41, 5.74) is 2.15. The topological polar surface area (TPSA) is 33.0 Å². The third kappa shape index (κ3) is 4.08. The minimum Gasteiger partial charge on any atom is -0.381 e. The number of hydrogen-bond donors (Lipinski definition) is 0. The summed E-state index contributed by atoms with van der Waals surface area (Å²) in [6.07, 6.45) is 6.17.